The lowest BCUT2D eigenvalue weighted by Crippen LogP contribution is -2.51. The summed E-state index contributed by atoms with van der Waals surface area (Å²) in [5.41, 5.74) is 1.39. The number of hydrogen-bond donors (Lipinski definition) is 1. The van der Waals surface area contributed by atoms with E-state index in [2.05, 4.69) is 15.3 Å². The van der Waals surface area contributed by atoms with E-state index in [0.717, 1.165) is 10.9 Å². The van der Waals surface area contributed by atoms with Crippen molar-refractivity contribution in [3.63, 3.8) is 0 Å². The molecule has 4 rings (SSSR count). The number of para-hydroxylation sites is 1. The molecule has 3 heterocycles. The van der Waals surface area contributed by atoms with Crippen molar-refractivity contribution in [3.8, 4) is 0 Å². The van der Waals surface area contributed by atoms with Crippen molar-refractivity contribution in [2.75, 3.05) is 13.1 Å². The molecule has 1 aromatic carbocycles. The van der Waals surface area contributed by atoms with E-state index in [1.54, 1.807) is 11.1 Å². The van der Waals surface area contributed by atoms with Crippen LogP contribution in [-0.4, -0.2) is 43.9 Å². The number of carbonyl (C=O) groups excluding carboxylic acids is 1. The van der Waals surface area contributed by atoms with Crippen LogP contribution in [0.4, 0.5) is 0 Å². The first-order valence-electron chi connectivity index (χ1n) is 6.54. The van der Waals surface area contributed by atoms with Crippen molar-refractivity contribution >= 4 is 16.8 Å². The highest BCUT2D eigenvalue weighted by atomic mass is 16.2. The molecule has 0 saturated carbocycles. The Hall–Kier alpha value is -2.63. The monoisotopic (exact) mass is 267 g/mol. The summed E-state index contributed by atoms with van der Waals surface area (Å²) in [5, 5.41) is 12.1. The largest absolute Gasteiger partial charge is 0.333 e. The lowest BCUT2D eigenvalue weighted by molar-refractivity contribution is 0.0497. The molecule has 0 bridgehead atoms. The van der Waals surface area contributed by atoms with Gasteiger partial charge in [-0.1, -0.05) is 18.2 Å². The Bertz CT molecular complexity index is 755. The molecule has 0 radical (unpaired) electrons. The summed E-state index contributed by atoms with van der Waals surface area (Å²) in [6.07, 6.45) is 3.68. The summed E-state index contributed by atoms with van der Waals surface area (Å²) >= 11 is 0. The molecular formula is C14H13N5O. The Kier molecular flexibility index (Phi) is 2.35. The highest BCUT2D eigenvalue weighted by molar-refractivity contribution is 6.04. The predicted molar refractivity (Wildman–Crippen MR) is 73.3 cm³/mol. The molecule has 6 nitrogen and oxygen atoms in total. The van der Waals surface area contributed by atoms with Gasteiger partial charge in [-0.05, 0) is 12.1 Å². The summed E-state index contributed by atoms with van der Waals surface area (Å²) in [5.74, 6) is -0.0224. The molecule has 1 aliphatic heterocycles. The van der Waals surface area contributed by atoms with Gasteiger partial charge in [0, 0.05) is 30.9 Å². The number of aromatic amines is 1. The zero-order chi connectivity index (χ0) is 13.5. The van der Waals surface area contributed by atoms with Crippen LogP contribution in [-0.2, 0) is 0 Å². The smallest absolute Gasteiger partial charge is 0.275 e. The lowest BCUT2D eigenvalue weighted by atomic mass is 10.1. The van der Waals surface area contributed by atoms with Crippen molar-refractivity contribution in [3.05, 3.63) is 48.4 Å². The van der Waals surface area contributed by atoms with Crippen molar-refractivity contribution in [2.24, 2.45) is 0 Å². The molecule has 20 heavy (non-hydrogen) atoms. The molecule has 6 heteroatoms. The van der Waals surface area contributed by atoms with E-state index in [4.69, 9.17) is 0 Å². The number of carbonyl (C=O) groups is 1. The molecule has 100 valence electrons. The number of benzene rings is 1. The third-order valence-electron chi connectivity index (χ3n) is 3.72. The van der Waals surface area contributed by atoms with Crippen molar-refractivity contribution in [1.29, 1.82) is 0 Å². The Morgan fingerprint density at radius 2 is 2.10 bits per heavy atom. The fraction of sp³-hybridized carbons (Fsp3) is 0.214. The number of fused-ring (bicyclic) bond motifs is 1. The van der Waals surface area contributed by atoms with E-state index >= 15 is 0 Å². The van der Waals surface area contributed by atoms with E-state index in [0.29, 0.717) is 18.8 Å². The summed E-state index contributed by atoms with van der Waals surface area (Å²) in [6, 6.07) is 9.84. The van der Waals surface area contributed by atoms with Gasteiger partial charge in [0.15, 0.2) is 5.69 Å². The van der Waals surface area contributed by atoms with Gasteiger partial charge in [-0.25, -0.2) is 0 Å². The summed E-state index contributed by atoms with van der Waals surface area (Å²) < 4.78 is 1.90. The molecule has 0 atom stereocenters. The topological polar surface area (TPSA) is 66.8 Å². The number of likely N-dealkylation sites (tertiary alicyclic amines) is 1. The van der Waals surface area contributed by atoms with Gasteiger partial charge in [0.2, 0.25) is 0 Å². The number of rotatable bonds is 2. The zero-order valence-electron chi connectivity index (χ0n) is 10.7. The van der Waals surface area contributed by atoms with Gasteiger partial charge in [-0.2, -0.15) is 10.2 Å². The van der Waals surface area contributed by atoms with Crippen LogP contribution in [0.15, 0.2) is 42.7 Å². The van der Waals surface area contributed by atoms with E-state index in [9.17, 15) is 4.79 Å². The minimum Gasteiger partial charge on any atom is -0.333 e. The van der Waals surface area contributed by atoms with Gasteiger partial charge in [-0.15, -0.1) is 0 Å². The van der Waals surface area contributed by atoms with Gasteiger partial charge in [-0.3, -0.25) is 14.6 Å². The van der Waals surface area contributed by atoms with Crippen LogP contribution in [0.3, 0.4) is 0 Å². The normalized spacial score (nSPS) is 15.5. The molecular weight excluding hydrogens is 254 g/mol. The zero-order valence-corrected chi connectivity index (χ0v) is 10.7. The second-order valence-electron chi connectivity index (χ2n) is 4.97. The third-order valence-corrected chi connectivity index (χ3v) is 3.72. The van der Waals surface area contributed by atoms with E-state index in [1.807, 2.05) is 41.2 Å². The second kappa shape index (κ2) is 4.19. The van der Waals surface area contributed by atoms with Crippen molar-refractivity contribution < 1.29 is 4.79 Å². The quantitative estimate of drug-likeness (QED) is 0.764. The average molecular weight is 267 g/mol. The first-order chi connectivity index (χ1) is 9.83. The highest BCUT2D eigenvalue weighted by Gasteiger charge is 2.34. The molecule has 1 aliphatic rings. The van der Waals surface area contributed by atoms with E-state index < -0.39 is 0 Å². The number of nitrogens with zero attached hydrogens (tertiary/aromatic N) is 4. The summed E-state index contributed by atoms with van der Waals surface area (Å²) in [7, 11) is 0. The fourth-order valence-electron chi connectivity index (χ4n) is 2.56. The van der Waals surface area contributed by atoms with Crippen LogP contribution in [0.1, 0.15) is 16.5 Å². The van der Waals surface area contributed by atoms with E-state index in [1.165, 1.54) is 0 Å². The van der Waals surface area contributed by atoms with E-state index in [-0.39, 0.29) is 11.9 Å². The average Bonchev–Trinajstić information content (AvgIpc) is 3.05. The van der Waals surface area contributed by atoms with Gasteiger partial charge in [0.1, 0.15) is 0 Å². The minimum absolute atomic E-state index is 0.0224. The third kappa shape index (κ3) is 1.61. The molecule has 1 amide bonds. The standard InChI is InChI=1S/C14H13N5O/c20-14(13-11-4-1-2-5-12(11)16-17-13)18-8-10(9-18)19-7-3-6-15-19/h1-7,10H,8-9H2,(H,16,17). The van der Waals surface area contributed by atoms with Crippen LogP contribution in [0.2, 0.25) is 0 Å². The number of aromatic nitrogens is 4. The maximum Gasteiger partial charge on any atom is 0.275 e. The van der Waals surface area contributed by atoms with Gasteiger partial charge >= 0.3 is 0 Å². The molecule has 0 aliphatic carbocycles. The van der Waals surface area contributed by atoms with Crippen LogP contribution >= 0.6 is 0 Å². The molecule has 1 saturated heterocycles. The number of H-pyrrole nitrogens is 1. The van der Waals surface area contributed by atoms with Crippen LogP contribution in [0, 0.1) is 0 Å². The predicted octanol–water partition coefficient (Wildman–Crippen LogP) is 1.46. The van der Waals surface area contributed by atoms with Gasteiger partial charge in [0.05, 0.1) is 11.6 Å². The van der Waals surface area contributed by atoms with Gasteiger partial charge < -0.3 is 4.90 Å². The lowest BCUT2D eigenvalue weighted by Gasteiger charge is -2.38. The number of amides is 1. The second-order valence-corrected chi connectivity index (χ2v) is 4.97. The SMILES string of the molecule is O=C(c1n[nH]c2ccccc12)N1CC(n2cccn2)C1. The minimum atomic E-state index is -0.0224. The number of nitrogens with one attached hydrogen (secondary N) is 1. The maximum atomic E-state index is 12.4. The maximum absolute atomic E-state index is 12.4. The Morgan fingerprint density at radius 3 is 2.90 bits per heavy atom. The number of hydrogen-bond acceptors (Lipinski definition) is 3. The van der Waals surface area contributed by atoms with Crippen molar-refractivity contribution in [2.45, 2.75) is 6.04 Å². The molecule has 0 spiro atoms. The fourth-order valence-corrected chi connectivity index (χ4v) is 2.56. The highest BCUT2D eigenvalue weighted by Crippen LogP contribution is 2.24. The van der Waals surface area contributed by atoms with Crippen LogP contribution in [0.5, 0.6) is 0 Å². The Morgan fingerprint density at radius 1 is 1.25 bits per heavy atom. The first kappa shape index (κ1) is 11.2. The molecule has 1 N–H and O–H groups in total. The van der Waals surface area contributed by atoms with Crippen LogP contribution < -0.4 is 0 Å². The summed E-state index contributed by atoms with van der Waals surface area (Å²) in [4.78, 5) is 14.2. The van der Waals surface area contributed by atoms with Crippen molar-refractivity contribution in [1.82, 2.24) is 24.9 Å². The summed E-state index contributed by atoms with van der Waals surface area (Å²) in [6.45, 7) is 1.36. The Labute approximate surface area is 115 Å². The molecule has 0 unspecified atom stereocenters. The van der Waals surface area contributed by atoms with Crippen LogP contribution in [0.25, 0.3) is 10.9 Å². The Balaban J connectivity index is 1.54. The van der Waals surface area contributed by atoms with Gasteiger partial charge in [0.25, 0.3) is 5.91 Å². The molecule has 3 aromatic rings. The molecule has 2 aromatic heterocycles. The molecule has 1 fully saturated rings. The first-order valence-corrected chi connectivity index (χ1v) is 6.54.